The number of Topliss-reactive ketones (excluding diaryl/α,β-unsaturated/α-hetero) is 1. The molecule has 32 heavy (non-hydrogen) atoms. The van der Waals surface area contributed by atoms with Gasteiger partial charge in [0.05, 0.1) is 5.60 Å². The smallest absolute Gasteiger partial charge is 0.293 e. The number of fused-ring (bicyclic) bond motifs is 2. The molecule has 0 aromatic carbocycles. The monoisotopic (exact) mass is 467 g/mol. The quantitative estimate of drug-likeness (QED) is 0.258. The standard InChI is InChI=1S/C19H34BN2O3S.C6H14/c1-12(23)19(22-13(2)24)14-10-16(21-11-14)15(19)8-7-9-20-25-17(3,4)18(5,6)26;1-5-6(2,3)4/h14-16,21,26H,7-11H2,1-6H3,(H,22,24);5H2,1-4H3. The summed E-state index contributed by atoms with van der Waals surface area (Å²) >= 11 is 4.61. The second-order valence-electron chi connectivity index (χ2n) is 11.9. The van der Waals surface area contributed by atoms with Crippen LogP contribution in [0.4, 0.5) is 0 Å². The van der Waals surface area contributed by atoms with Crippen LogP contribution in [0.5, 0.6) is 0 Å². The average molecular weight is 468 g/mol. The van der Waals surface area contributed by atoms with Gasteiger partial charge >= 0.3 is 0 Å². The fraction of sp³-hybridized carbons (Fsp3) is 0.920. The molecule has 2 N–H and O–H groups in total. The minimum atomic E-state index is -0.699. The Morgan fingerprint density at radius 2 is 1.72 bits per heavy atom. The largest absolute Gasteiger partial charge is 0.434 e. The van der Waals surface area contributed by atoms with Crippen molar-refractivity contribution in [2.24, 2.45) is 17.3 Å². The first-order valence-corrected chi connectivity index (χ1v) is 12.7. The normalized spacial score (nSPS) is 27.5. The predicted octanol–water partition coefficient (Wildman–Crippen LogP) is 4.82. The highest BCUT2D eigenvalue weighted by Crippen LogP contribution is 2.47. The Morgan fingerprint density at radius 1 is 1.16 bits per heavy atom. The fourth-order valence-electron chi connectivity index (χ4n) is 4.42. The van der Waals surface area contributed by atoms with Gasteiger partial charge < -0.3 is 15.3 Å². The van der Waals surface area contributed by atoms with Crippen molar-refractivity contribution in [2.75, 3.05) is 6.54 Å². The first-order chi connectivity index (χ1) is 14.5. The van der Waals surface area contributed by atoms with E-state index in [1.165, 1.54) is 13.3 Å². The van der Waals surface area contributed by atoms with Gasteiger partial charge in [0.15, 0.2) is 5.78 Å². The van der Waals surface area contributed by atoms with Crippen molar-refractivity contribution in [1.29, 1.82) is 0 Å². The molecule has 2 aliphatic rings. The van der Waals surface area contributed by atoms with Crippen molar-refractivity contribution in [3.63, 3.8) is 0 Å². The van der Waals surface area contributed by atoms with E-state index >= 15 is 0 Å². The minimum Gasteiger partial charge on any atom is -0.434 e. The highest BCUT2D eigenvalue weighted by Gasteiger charge is 2.60. The van der Waals surface area contributed by atoms with E-state index in [4.69, 9.17) is 4.65 Å². The van der Waals surface area contributed by atoms with Crippen LogP contribution in [0.15, 0.2) is 0 Å². The Morgan fingerprint density at radius 3 is 2.16 bits per heavy atom. The van der Waals surface area contributed by atoms with Crippen LogP contribution >= 0.6 is 12.6 Å². The van der Waals surface area contributed by atoms with Crippen molar-refractivity contribution in [1.82, 2.24) is 10.6 Å². The van der Waals surface area contributed by atoms with Crippen LogP contribution in [0.3, 0.4) is 0 Å². The van der Waals surface area contributed by atoms with E-state index in [0.717, 1.165) is 32.1 Å². The van der Waals surface area contributed by atoms with Crippen LogP contribution in [-0.4, -0.2) is 47.6 Å². The van der Waals surface area contributed by atoms with Crippen LogP contribution in [0.2, 0.25) is 6.32 Å². The molecule has 1 aliphatic carbocycles. The second kappa shape index (κ2) is 11.3. The Hall–Kier alpha value is -0.525. The molecule has 4 unspecified atom stereocenters. The maximum absolute atomic E-state index is 12.6. The summed E-state index contributed by atoms with van der Waals surface area (Å²) < 4.78 is 5.69. The highest BCUT2D eigenvalue weighted by atomic mass is 32.1. The molecule has 1 amide bonds. The number of thiol groups is 1. The molecule has 1 saturated carbocycles. The highest BCUT2D eigenvalue weighted by molar-refractivity contribution is 7.81. The number of amides is 1. The average Bonchev–Trinajstić information content (AvgIpc) is 3.21. The predicted molar refractivity (Wildman–Crippen MR) is 138 cm³/mol. The molecule has 1 radical (unpaired) electrons. The van der Waals surface area contributed by atoms with Gasteiger partial charge in [-0.3, -0.25) is 9.59 Å². The summed E-state index contributed by atoms with van der Waals surface area (Å²) in [7, 11) is 1.87. The third-order valence-corrected chi connectivity index (χ3v) is 8.13. The molecule has 2 bridgehead atoms. The maximum atomic E-state index is 12.6. The lowest BCUT2D eigenvalue weighted by Crippen LogP contribution is -2.65. The summed E-state index contributed by atoms with van der Waals surface area (Å²) in [5.74, 6) is 0.309. The second-order valence-corrected chi connectivity index (χ2v) is 13.0. The Balaban J connectivity index is 0.000000751. The Bertz CT molecular complexity index is 642. The molecule has 1 aliphatic heterocycles. The number of piperidine rings is 1. The molecule has 185 valence electrons. The van der Waals surface area contributed by atoms with Gasteiger partial charge in [0.2, 0.25) is 5.91 Å². The van der Waals surface area contributed by atoms with Crippen LogP contribution in [0.1, 0.15) is 94.9 Å². The van der Waals surface area contributed by atoms with E-state index in [0.29, 0.717) is 11.5 Å². The molecule has 7 heteroatoms. The SMILES string of the molecule is CC(=O)NC1(C(C)=O)C2CNC(C2)C1CCC[B]OC(C)(C)C(C)(C)S.CCC(C)(C)C. The lowest BCUT2D eigenvalue weighted by atomic mass is 9.72. The molecule has 2 rings (SSSR count). The van der Waals surface area contributed by atoms with Crippen molar-refractivity contribution < 1.29 is 14.2 Å². The van der Waals surface area contributed by atoms with Crippen molar-refractivity contribution >= 4 is 31.8 Å². The van der Waals surface area contributed by atoms with Crippen LogP contribution in [0, 0.1) is 17.3 Å². The molecule has 2 fully saturated rings. The van der Waals surface area contributed by atoms with Gasteiger partial charge in [0.25, 0.3) is 7.48 Å². The number of carbonyl (C=O) groups is 2. The Kier molecular flexibility index (Phi) is 10.4. The lowest BCUT2D eigenvalue weighted by Gasteiger charge is -2.43. The molecule has 0 aromatic rings. The lowest BCUT2D eigenvalue weighted by molar-refractivity contribution is -0.134. The van der Waals surface area contributed by atoms with E-state index in [2.05, 4.69) is 51.0 Å². The summed E-state index contributed by atoms with van der Waals surface area (Å²) in [6.45, 7) is 21.0. The number of carbonyl (C=O) groups excluding carboxylic acids is 2. The van der Waals surface area contributed by atoms with E-state index in [1.54, 1.807) is 6.92 Å². The van der Waals surface area contributed by atoms with Crippen LogP contribution < -0.4 is 10.6 Å². The van der Waals surface area contributed by atoms with Gasteiger partial charge in [0, 0.05) is 36.1 Å². The van der Waals surface area contributed by atoms with Gasteiger partial charge in [0.1, 0.15) is 5.54 Å². The summed E-state index contributed by atoms with van der Waals surface area (Å²) in [5.41, 5.74) is -0.515. The van der Waals surface area contributed by atoms with E-state index in [9.17, 15) is 9.59 Å². The molecule has 1 heterocycles. The summed E-state index contributed by atoms with van der Waals surface area (Å²) in [4.78, 5) is 24.3. The zero-order valence-corrected chi connectivity index (χ0v) is 23.1. The third kappa shape index (κ3) is 7.49. The van der Waals surface area contributed by atoms with Crippen LogP contribution in [-0.2, 0) is 14.2 Å². The van der Waals surface area contributed by atoms with Gasteiger partial charge in [-0.2, -0.15) is 12.6 Å². The molecule has 1 saturated heterocycles. The van der Waals surface area contributed by atoms with E-state index in [-0.39, 0.29) is 33.9 Å². The topological polar surface area (TPSA) is 67.4 Å². The molecular formula is C25H48BN2O3S. The Labute approximate surface area is 203 Å². The van der Waals surface area contributed by atoms with Crippen molar-refractivity contribution in [3.05, 3.63) is 0 Å². The van der Waals surface area contributed by atoms with Gasteiger partial charge in [-0.05, 0) is 52.9 Å². The van der Waals surface area contributed by atoms with Gasteiger partial charge in [-0.1, -0.05) is 46.9 Å². The number of nitrogens with one attached hydrogen (secondary N) is 2. The minimum absolute atomic E-state index is 0.0879. The first kappa shape index (κ1) is 29.5. The molecule has 4 atom stereocenters. The number of hydrogen-bond acceptors (Lipinski definition) is 5. The fourth-order valence-corrected chi connectivity index (χ4v) is 4.48. The zero-order valence-electron chi connectivity index (χ0n) is 22.2. The maximum Gasteiger partial charge on any atom is 0.293 e. The first-order valence-electron chi connectivity index (χ1n) is 12.2. The van der Waals surface area contributed by atoms with E-state index in [1.807, 2.05) is 35.2 Å². The third-order valence-electron chi connectivity index (χ3n) is 7.59. The van der Waals surface area contributed by atoms with Gasteiger partial charge in [-0.25, -0.2) is 0 Å². The summed E-state index contributed by atoms with van der Waals surface area (Å²) in [5, 5.41) is 6.56. The van der Waals surface area contributed by atoms with E-state index < -0.39 is 5.54 Å². The molecule has 0 spiro atoms. The van der Waals surface area contributed by atoms with Gasteiger partial charge in [-0.15, -0.1) is 0 Å². The van der Waals surface area contributed by atoms with Crippen LogP contribution in [0.25, 0.3) is 0 Å². The summed E-state index contributed by atoms with van der Waals surface area (Å²) in [6.07, 6.45) is 4.86. The molecule has 0 aromatic heterocycles. The number of rotatable bonds is 9. The van der Waals surface area contributed by atoms with Crippen molar-refractivity contribution in [2.45, 2.75) is 123 Å². The molecular weight excluding hydrogens is 419 g/mol. The zero-order chi connectivity index (χ0) is 25.0. The number of ketones is 1. The van der Waals surface area contributed by atoms with Crippen molar-refractivity contribution in [3.8, 4) is 0 Å². The summed E-state index contributed by atoms with van der Waals surface area (Å²) in [6, 6.07) is 0.310. The molecule has 5 nitrogen and oxygen atoms in total. The number of hydrogen-bond donors (Lipinski definition) is 3.